The van der Waals surface area contributed by atoms with Crippen LogP contribution in [0.3, 0.4) is 0 Å². The second-order valence-corrected chi connectivity index (χ2v) is 5.64. The molecule has 0 fully saturated rings. The number of ether oxygens (including phenoxy) is 1. The Kier molecular flexibility index (Phi) is 4.61. The van der Waals surface area contributed by atoms with E-state index < -0.39 is 0 Å². The lowest BCUT2D eigenvalue weighted by Gasteiger charge is -2.15. The zero-order valence-corrected chi connectivity index (χ0v) is 13.1. The molecule has 0 saturated heterocycles. The van der Waals surface area contributed by atoms with Gasteiger partial charge in [-0.05, 0) is 30.3 Å². The van der Waals surface area contributed by atoms with Gasteiger partial charge in [0.05, 0.1) is 11.9 Å². The molecule has 0 amide bonds. The Balaban J connectivity index is 1.81. The van der Waals surface area contributed by atoms with Crippen molar-refractivity contribution in [2.24, 2.45) is 0 Å². The lowest BCUT2D eigenvalue weighted by Crippen LogP contribution is -2.06. The first-order chi connectivity index (χ1) is 10.7. The van der Waals surface area contributed by atoms with Crippen LogP contribution in [0.15, 0.2) is 61.2 Å². The lowest BCUT2D eigenvalue weighted by molar-refractivity contribution is 0.470. The van der Waals surface area contributed by atoms with Crippen molar-refractivity contribution in [3.8, 4) is 11.5 Å². The van der Waals surface area contributed by atoms with E-state index in [1.807, 2.05) is 36.4 Å². The molecule has 1 aromatic heterocycles. The van der Waals surface area contributed by atoms with Crippen molar-refractivity contribution in [3.63, 3.8) is 0 Å². The summed E-state index contributed by atoms with van der Waals surface area (Å²) < 4.78 is 7.61. The van der Waals surface area contributed by atoms with E-state index in [4.69, 9.17) is 27.9 Å². The molecule has 2 aromatic carbocycles. The summed E-state index contributed by atoms with van der Waals surface area (Å²) >= 11 is 12.4. The molecule has 0 saturated carbocycles. The van der Waals surface area contributed by atoms with Crippen LogP contribution in [0.2, 0.25) is 5.02 Å². The number of halogens is 2. The highest BCUT2D eigenvalue weighted by Crippen LogP contribution is 2.33. The lowest BCUT2D eigenvalue weighted by atomic mass is 10.1. The van der Waals surface area contributed by atoms with Crippen LogP contribution in [0.25, 0.3) is 0 Å². The van der Waals surface area contributed by atoms with Crippen LogP contribution in [0, 0.1) is 0 Å². The summed E-state index contributed by atoms with van der Waals surface area (Å²) in [7, 11) is 0. The Morgan fingerprint density at radius 3 is 2.59 bits per heavy atom. The maximum Gasteiger partial charge on any atom is 0.137 e. The van der Waals surface area contributed by atoms with Crippen LogP contribution >= 0.6 is 23.2 Å². The van der Waals surface area contributed by atoms with Crippen LogP contribution in [0.5, 0.6) is 11.5 Å². The Labute approximate surface area is 138 Å². The second kappa shape index (κ2) is 6.81. The van der Waals surface area contributed by atoms with Crippen molar-refractivity contribution < 1.29 is 4.74 Å². The zero-order valence-electron chi connectivity index (χ0n) is 11.6. The molecule has 0 radical (unpaired) electrons. The Morgan fingerprint density at radius 1 is 1.09 bits per heavy atom. The van der Waals surface area contributed by atoms with Crippen molar-refractivity contribution in [3.05, 3.63) is 71.8 Å². The number of para-hydroxylation sites is 1. The van der Waals surface area contributed by atoms with E-state index in [2.05, 4.69) is 10.1 Å². The normalized spacial score (nSPS) is 12.1. The average Bonchev–Trinajstić information content (AvgIpc) is 3.03. The predicted molar refractivity (Wildman–Crippen MR) is 86.6 cm³/mol. The molecule has 0 bridgehead atoms. The molecule has 3 aromatic rings. The van der Waals surface area contributed by atoms with E-state index in [-0.39, 0.29) is 5.38 Å². The Morgan fingerprint density at radius 2 is 1.86 bits per heavy atom. The average molecular weight is 334 g/mol. The number of benzene rings is 2. The second-order valence-electron chi connectivity index (χ2n) is 4.68. The molecule has 0 spiro atoms. The molecule has 0 aliphatic rings. The first-order valence-electron chi connectivity index (χ1n) is 6.71. The van der Waals surface area contributed by atoms with Gasteiger partial charge in [-0.15, -0.1) is 11.6 Å². The fourth-order valence-electron chi connectivity index (χ4n) is 2.05. The smallest absolute Gasteiger partial charge is 0.137 e. The van der Waals surface area contributed by atoms with Gasteiger partial charge in [-0.25, -0.2) is 4.98 Å². The molecule has 22 heavy (non-hydrogen) atoms. The Hall–Kier alpha value is -2.04. The van der Waals surface area contributed by atoms with E-state index in [0.717, 1.165) is 5.56 Å². The fourth-order valence-corrected chi connectivity index (χ4v) is 2.50. The summed E-state index contributed by atoms with van der Waals surface area (Å²) in [6.07, 6.45) is 3.12. The topological polar surface area (TPSA) is 39.9 Å². The zero-order chi connectivity index (χ0) is 15.4. The monoisotopic (exact) mass is 333 g/mol. The van der Waals surface area contributed by atoms with Crippen molar-refractivity contribution in [1.29, 1.82) is 0 Å². The third-order valence-electron chi connectivity index (χ3n) is 3.11. The molecular formula is C16H13Cl2N3O. The van der Waals surface area contributed by atoms with E-state index in [9.17, 15) is 0 Å². The molecular weight excluding hydrogens is 321 g/mol. The molecule has 1 heterocycles. The van der Waals surface area contributed by atoms with E-state index >= 15 is 0 Å². The SMILES string of the molecule is Clc1ccc(Oc2ccccc2C(Cl)Cn2cncn2)cc1. The summed E-state index contributed by atoms with van der Waals surface area (Å²) in [5.41, 5.74) is 0.898. The van der Waals surface area contributed by atoms with Crippen molar-refractivity contribution in [2.75, 3.05) is 0 Å². The number of hydrogen-bond acceptors (Lipinski definition) is 3. The first-order valence-corrected chi connectivity index (χ1v) is 7.52. The Bertz CT molecular complexity index is 729. The van der Waals surface area contributed by atoms with E-state index in [0.29, 0.717) is 23.1 Å². The molecule has 1 unspecified atom stereocenters. The van der Waals surface area contributed by atoms with Gasteiger partial charge in [0.1, 0.15) is 24.2 Å². The van der Waals surface area contributed by atoms with Gasteiger partial charge in [0.25, 0.3) is 0 Å². The van der Waals surface area contributed by atoms with Crippen molar-refractivity contribution in [2.45, 2.75) is 11.9 Å². The maximum atomic E-state index is 6.50. The molecule has 0 aliphatic carbocycles. The fraction of sp³-hybridized carbons (Fsp3) is 0.125. The number of alkyl halides is 1. The number of rotatable bonds is 5. The van der Waals surface area contributed by atoms with Gasteiger partial charge in [0.15, 0.2) is 0 Å². The minimum atomic E-state index is -0.273. The highest BCUT2D eigenvalue weighted by Gasteiger charge is 2.15. The van der Waals surface area contributed by atoms with Crippen LogP contribution < -0.4 is 4.74 Å². The maximum absolute atomic E-state index is 6.50. The van der Waals surface area contributed by atoms with E-state index in [1.54, 1.807) is 23.1 Å². The summed E-state index contributed by atoms with van der Waals surface area (Å²) in [5, 5.41) is 4.47. The van der Waals surface area contributed by atoms with Gasteiger partial charge in [0.2, 0.25) is 0 Å². The summed E-state index contributed by atoms with van der Waals surface area (Å²) in [4.78, 5) is 3.92. The van der Waals surface area contributed by atoms with Gasteiger partial charge in [0, 0.05) is 10.6 Å². The number of hydrogen-bond donors (Lipinski definition) is 0. The first kappa shape index (κ1) is 14.9. The number of nitrogens with zero attached hydrogens (tertiary/aromatic N) is 3. The highest BCUT2D eigenvalue weighted by molar-refractivity contribution is 6.30. The van der Waals surface area contributed by atoms with Crippen LogP contribution in [-0.4, -0.2) is 14.8 Å². The minimum Gasteiger partial charge on any atom is -0.457 e. The predicted octanol–water partition coefficient (Wildman–Crippen LogP) is 4.70. The van der Waals surface area contributed by atoms with Gasteiger partial charge in [-0.2, -0.15) is 5.10 Å². The summed E-state index contributed by atoms with van der Waals surface area (Å²) in [6, 6.07) is 14.9. The molecule has 6 heteroatoms. The minimum absolute atomic E-state index is 0.273. The quantitative estimate of drug-likeness (QED) is 0.635. The highest BCUT2D eigenvalue weighted by atomic mass is 35.5. The van der Waals surface area contributed by atoms with Crippen LogP contribution in [0.4, 0.5) is 0 Å². The third kappa shape index (κ3) is 3.59. The summed E-state index contributed by atoms with van der Waals surface area (Å²) in [6.45, 7) is 0.516. The van der Waals surface area contributed by atoms with Crippen molar-refractivity contribution in [1.82, 2.24) is 14.8 Å². The van der Waals surface area contributed by atoms with Crippen molar-refractivity contribution >= 4 is 23.2 Å². The molecule has 0 aliphatic heterocycles. The van der Waals surface area contributed by atoms with Gasteiger partial charge in [-0.1, -0.05) is 29.8 Å². The summed E-state index contributed by atoms with van der Waals surface area (Å²) in [5.74, 6) is 1.42. The largest absolute Gasteiger partial charge is 0.457 e. The third-order valence-corrected chi connectivity index (χ3v) is 3.74. The van der Waals surface area contributed by atoms with Crippen LogP contribution in [-0.2, 0) is 6.54 Å². The molecule has 4 nitrogen and oxygen atoms in total. The number of aromatic nitrogens is 3. The molecule has 112 valence electrons. The molecule has 3 rings (SSSR count). The van der Waals surface area contributed by atoms with Gasteiger partial charge in [-0.3, -0.25) is 4.68 Å². The standard InChI is InChI=1S/C16H13Cl2N3O/c17-12-5-7-13(8-6-12)22-16-4-2-1-3-14(16)15(18)9-21-11-19-10-20-21/h1-8,10-11,15H,9H2. The van der Waals surface area contributed by atoms with E-state index in [1.165, 1.54) is 6.33 Å². The van der Waals surface area contributed by atoms with Gasteiger partial charge >= 0.3 is 0 Å². The van der Waals surface area contributed by atoms with Crippen LogP contribution in [0.1, 0.15) is 10.9 Å². The molecule has 0 N–H and O–H groups in total. The van der Waals surface area contributed by atoms with Gasteiger partial charge < -0.3 is 4.74 Å². The molecule has 1 atom stereocenters.